The molecule has 1 aliphatic rings. The fourth-order valence-corrected chi connectivity index (χ4v) is 4.67. The van der Waals surface area contributed by atoms with Crippen LogP contribution < -0.4 is 10.6 Å². The van der Waals surface area contributed by atoms with Gasteiger partial charge in [-0.15, -0.1) is 23.2 Å². The molecule has 1 aliphatic carbocycles. The molecule has 5 nitrogen and oxygen atoms in total. The summed E-state index contributed by atoms with van der Waals surface area (Å²) < 4.78 is 77.5. The number of pyridine rings is 1. The predicted octanol–water partition coefficient (Wildman–Crippen LogP) is 6.95. The first-order chi connectivity index (χ1) is 17.2. The highest BCUT2D eigenvalue weighted by atomic mass is 35.5. The molecule has 0 saturated heterocycles. The van der Waals surface area contributed by atoms with Gasteiger partial charge in [0.25, 0.3) is 5.91 Å². The number of hydrogen-bond acceptors (Lipinski definition) is 3. The van der Waals surface area contributed by atoms with Crippen LogP contribution in [0.25, 0.3) is 0 Å². The lowest BCUT2D eigenvalue weighted by atomic mass is 10.0. The molecular formula is C23H12Cl3F6N3O2. The lowest BCUT2D eigenvalue weighted by Gasteiger charge is -2.11. The molecular weight excluding hydrogens is 571 g/mol. The van der Waals surface area contributed by atoms with Crippen LogP contribution in [0.15, 0.2) is 48.7 Å². The summed E-state index contributed by atoms with van der Waals surface area (Å²) in [5.41, 5.74) is -1.83. The van der Waals surface area contributed by atoms with Crippen LogP contribution >= 0.6 is 34.8 Å². The van der Waals surface area contributed by atoms with Gasteiger partial charge in [0.15, 0.2) is 5.82 Å². The fourth-order valence-electron chi connectivity index (χ4n) is 3.68. The molecule has 1 unspecified atom stereocenters. The van der Waals surface area contributed by atoms with Crippen LogP contribution in [0.5, 0.6) is 0 Å². The SMILES string of the molecule is O=C(Nc1cc(NC(=O)[C@@H]2C(c3ccc(F)c(C(F)(F)F)c3)C2(Cl)Cl)ccc1Cl)c1cnc(F)c(F)c1. The second-order valence-electron chi connectivity index (χ2n) is 8.00. The molecule has 1 fully saturated rings. The number of halogens is 9. The monoisotopic (exact) mass is 581 g/mol. The number of carbonyl (C=O) groups is 2. The van der Waals surface area contributed by atoms with Crippen molar-refractivity contribution in [2.24, 2.45) is 5.92 Å². The van der Waals surface area contributed by atoms with Crippen molar-refractivity contribution in [3.63, 3.8) is 0 Å². The maximum Gasteiger partial charge on any atom is 0.419 e. The molecule has 2 N–H and O–H groups in total. The molecule has 2 aromatic carbocycles. The van der Waals surface area contributed by atoms with E-state index in [-0.39, 0.29) is 27.5 Å². The first-order valence-electron chi connectivity index (χ1n) is 10.2. The molecule has 0 aliphatic heterocycles. The Bertz CT molecular complexity index is 1420. The van der Waals surface area contributed by atoms with Crippen molar-refractivity contribution in [3.05, 3.63) is 88.0 Å². The Morgan fingerprint density at radius 1 is 0.946 bits per heavy atom. The number of carbonyl (C=O) groups excluding carboxylic acids is 2. The zero-order valence-corrected chi connectivity index (χ0v) is 20.2. The van der Waals surface area contributed by atoms with Crippen LogP contribution in [0, 0.1) is 23.5 Å². The first-order valence-corrected chi connectivity index (χ1v) is 11.3. The Morgan fingerprint density at radius 3 is 2.30 bits per heavy atom. The van der Waals surface area contributed by atoms with Gasteiger partial charge in [0, 0.05) is 17.8 Å². The Labute approximate surface area is 219 Å². The third-order valence-corrected chi connectivity index (χ3v) is 6.80. The molecule has 2 atom stereocenters. The normalized spacial score (nSPS) is 18.3. The number of nitrogens with one attached hydrogen (secondary N) is 2. The fraction of sp³-hybridized carbons (Fsp3) is 0.174. The minimum absolute atomic E-state index is 0.0158. The van der Waals surface area contributed by atoms with Gasteiger partial charge in [-0.25, -0.2) is 13.8 Å². The standard InChI is InChI=1S/C23H12Cl3F6N3O2/c24-13-3-2-11(7-16(13)35-20(36)10-6-15(28)19(29)33-8-10)34-21(37)18-17(22(18,25)26)9-1-4-14(27)12(5-9)23(30,31)32/h1-8,17-18H,(H,34,37)(H,35,36)/t17?,18-/m0/s1. The van der Waals surface area contributed by atoms with Crippen LogP contribution in [-0.4, -0.2) is 21.1 Å². The predicted molar refractivity (Wildman–Crippen MR) is 124 cm³/mol. The second kappa shape index (κ2) is 9.70. The molecule has 37 heavy (non-hydrogen) atoms. The maximum atomic E-state index is 13.6. The van der Waals surface area contributed by atoms with Gasteiger partial charge in [-0.3, -0.25) is 9.59 Å². The quantitative estimate of drug-likeness (QED) is 0.194. The van der Waals surface area contributed by atoms with Gasteiger partial charge in [-0.1, -0.05) is 17.7 Å². The van der Waals surface area contributed by atoms with E-state index >= 15 is 0 Å². The van der Waals surface area contributed by atoms with Crippen molar-refractivity contribution >= 4 is 58.0 Å². The Kier molecular flexibility index (Phi) is 7.08. The molecule has 0 spiro atoms. The maximum absolute atomic E-state index is 13.6. The summed E-state index contributed by atoms with van der Waals surface area (Å²) in [7, 11) is 0. The third kappa shape index (κ3) is 5.48. The largest absolute Gasteiger partial charge is 0.419 e. The Balaban J connectivity index is 1.51. The number of hydrogen-bond donors (Lipinski definition) is 2. The van der Waals surface area contributed by atoms with Crippen molar-refractivity contribution in [2.45, 2.75) is 16.4 Å². The summed E-state index contributed by atoms with van der Waals surface area (Å²) in [6.07, 6.45) is -4.16. The summed E-state index contributed by atoms with van der Waals surface area (Å²) in [6, 6.07) is 6.77. The van der Waals surface area contributed by atoms with Crippen LogP contribution in [-0.2, 0) is 11.0 Å². The van der Waals surface area contributed by atoms with Gasteiger partial charge in [0.1, 0.15) is 10.2 Å². The zero-order valence-electron chi connectivity index (χ0n) is 17.9. The van der Waals surface area contributed by atoms with E-state index in [1.165, 1.54) is 18.2 Å². The van der Waals surface area contributed by atoms with Crippen LogP contribution in [0.3, 0.4) is 0 Å². The van der Waals surface area contributed by atoms with Gasteiger partial charge in [-0.2, -0.15) is 17.6 Å². The second-order valence-corrected chi connectivity index (χ2v) is 9.85. The average Bonchev–Trinajstić information content (AvgIpc) is 3.39. The van der Waals surface area contributed by atoms with Gasteiger partial charge < -0.3 is 10.6 Å². The van der Waals surface area contributed by atoms with E-state index in [1.807, 2.05) is 0 Å². The van der Waals surface area contributed by atoms with E-state index in [1.54, 1.807) is 0 Å². The molecule has 1 aromatic heterocycles. The number of rotatable bonds is 5. The average molecular weight is 583 g/mol. The van der Waals surface area contributed by atoms with E-state index in [0.29, 0.717) is 18.2 Å². The molecule has 0 radical (unpaired) electrons. The van der Waals surface area contributed by atoms with Crippen molar-refractivity contribution < 1.29 is 35.9 Å². The molecule has 14 heteroatoms. The highest BCUT2D eigenvalue weighted by molar-refractivity contribution is 6.53. The van der Waals surface area contributed by atoms with Gasteiger partial charge >= 0.3 is 6.18 Å². The van der Waals surface area contributed by atoms with Crippen molar-refractivity contribution in [2.75, 3.05) is 10.6 Å². The molecule has 3 aromatic rings. The summed E-state index contributed by atoms with van der Waals surface area (Å²) >= 11 is 18.4. The summed E-state index contributed by atoms with van der Waals surface area (Å²) in [4.78, 5) is 28.3. The Morgan fingerprint density at radius 2 is 1.65 bits per heavy atom. The number of alkyl halides is 5. The molecule has 194 valence electrons. The summed E-state index contributed by atoms with van der Waals surface area (Å²) in [6.45, 7) is 0. The summed E-state index contributed by atoms with van der Waals surface area (Å²) in [5, 5.41) is 4.87. The van der Waals surface area contributed by atoms with Crippen LogP contribution in [0.4, 0.5) is 37.7 Å². The van der Waals surface area contributed by atoms with Crippen LogP contribution in [0.2, 0.25) is 5.02 Å². The number of amides is 2. The van der Waals surface area contributed by atoms with Gasteiger partial charge in [0.2, 0.25) is 11.9 Å². The van der Waals surface area contributed by atoms with E-state index in [0.717, 1.165) is 12.3 Å². The highest BCUT2D eigenvalue weighted by Crippen LogP contribution is 2.65. The minimum atomic E-state index is -4.96. The van der Waals surface area contributed by atoms with E-state index in [2.05, 4.69) is 15.6 Å². The Hall–Kier alpha value is -3.02. The first kappa shape index (κ1) is 27.0. The van der Waals surface area contributed by atoms with E-state index < -0.39 is 57.3 Å². The number of anilines is 2. The highest BCUT2D eigenvalue weighted by Gasteiger charge is 2.67. The molecule has 0 bridgehead atoms. The smallest absolute Gasteiger partial charge is 0.326 e. The number of nitrogens with zero attached hydrogens (tertiary/aromatic N) is 1. The molecule has 1 heterocycles. The summed E-state index contributed by atoms with van der Waals surface area (Å²) in [5.74, 6) is -8.11. The van der Waals surface area contributed by atoms with Crippen LogP contribution in [0.1, 0.15) is 27.4 Å². The van der Waals surface area contributed by atoms with E-state index in [4.69, 9.17) is 34.8 Å². The minimum Gasteiger partial charge on any atom is -0.326 e. The topological polar surface area (TPSA) is 71.1 Å². The lowest BCUT2D eigenvalue weighted by molar-refractivity contribution is -0.140. The zero-order chi connectivity index (χ0) is 27.3. The molecule has 4 rings (SSSR count). The molecule has 1 saturated carbocycles. The number of benzene rings is 2. The third-order valence-electron chi connectivity index (χ3n) is 5.53. The van der Waals surface area contributed by atoms with E-state index in [9.17, 15) is 35.9 Å². The van der Waals surface area contributed by atoms with Gasteiger partial charge in [0.05, 0.1) is 27.8 Å². The molecule has 2 amide bonds. The van der Waals surface area contributed by atoms with Gasteiger partial charge in [-0.05, 0) is 42.0 Å². The number of aromatic nitrogens is 1. The van der Waals surface area contributed by atoms with Crippen molar-refractivity contribution in [3.8, 4) is 0 Å². The van der Waals surface area contributed by atoms with Crippen molar-refractivity contribution in [1.29, 1.82) is 0 Å². The van der Waals surface area contributed by atoms with Crippen molar-refractivity contribution in [1.82, 2.24) is 4.98 Å². The lowest BCUT2D eigenvalue weighted by Crippen LogP contribution is -2.18.